The average Bonchev–Trinajstić information content (AvgIpc) is 2.61. The molecule has 2 rings (SSSR count). The fraction of sp³-hybridized carbons (Fsp3) is 0.529. The number of oxime groups is 1. The van der Waals surface area contributed by atoms with E-state index in [-0.39, 0.29) is 12.5 Å². The SMILES string of the molecule is COc1ccc(/C(C)=N/OCC(=O)N2CCN(C)CC2)cc1OC. The van der Waals surface area contributed by atoms with Gasteiger partial charge in [-0.1, -0.05) is 5.16 Å². The monoisotopic (exact) mass is 335 g/mol. The van der Waals surface area contributed by atoms with Gasteiger partial charge in [0.15, 0.2) is 18.1 Å². The van der Waals surface area contributed by atoms with Crippen molar-refractivity contribution in [2.24, 2.45) is 5.16 Å². The minimum absolute atomic E-state index is 0.0352. The standard InChI is InChI=1S/C17H25N3O4/c1-13(14-5-6-15(22-3)16(11-14)23-4)18-24-12-17(21)20-9-7-19(2)8-10-20/h5-6,11H,7-10,12H2,1-4H3/b18-13+. The number of carbonyl (C=O) groups is 1. The van der Waals surface area contributed by atoms with E-state index in [0.717, 1.165) is 31.7 Å². The quantitative estimate of drug-likeness (QED) is 0.578. The van der Waals surface area contributed by atoms with E-state index in [0.29, 0.717) is 17.2 Å². The Labute approximate surface area is 142 Å². The highest BCUT2D eigenvalue weighted by molar-refractivity contribution is 5.98. The van der Waals surface area contributed by atoms with Gasteiger partial charge in [-0.25, -0.2) is 0 Å². The van der Waals surface area contributed by atoms with Crippen LogP contribution in [0.2, 0.25) is 0 Å². The Morgan fingerprint density at radius 2 is 1.79 bits per heavy atom. The summed E-state index contributed by atoms with van der Waals surface area (Å²) in [6.07, 6.45) is 0. The molecule has 132 valence electrons. The maximum Gasteiger partial charge on any atom is 0.263 e. The predicted octanol–water partition coefficient (Wildman–Crippen LogP) is 1.22. The molecule has 1 heterocycles. The number of piperazine rings is 1. The highest BCUT2D eigenvalue weighted by Gasteiger charge is 2.19. The highest BCUT2D eigenvalue weighted by Crippen LogP contribution is 2.27. The van der Waals surface area contributed by atoms with Crippen LogP contribution in [0, 0.1) is 0 Å². The van der Waals surface area contributed by atoms with Crippen LogP contribution in [0.4, 0.5) is 0 Å². The van der Waals surface area contributed by atoms with Crippen LogP contribution >= 0.6 is 0 Å². The maximum absolute atomic E-state index is 12.1. The van der Waals surface area contributed by atoms with E-state index >= 15 is 0 Å². The number of hydrogen-bond acceptors (Lipinski definition) is 6. The number of benzene rings is 1. The van der Waals surface area contributed by atoms with Crippen molar-refractivity contribution >= 4 is 11.6 Å². The number of hydrogen-bond donors (Lipinski definition) is 0. The molecule has 0 unspecified atom stereocenters. The molecule has 1 fully saturated rings. The summed E-state index contributed by atoms with van der Waals surface area (Å²) in [6.45, 7) is 5.02. The zero-order valence-corrected chi connectivity index (χ0v) is 14.7. The molecule has 1 aromatic carbocycles. The number of methoxy groups -OCH3 is 2. The lowest BCUT2D eigenvalue weighted by Crippen LogP contribution is -2.48. The summed E-state index contributed by atoms with van der Waals surface area (Å²) in [5.41, 5.74) is 1.52. The van der Waals surface area contributed by atoms with Crippen LogP contribution in [0.25, 0.3) is 0 Å². The Balaban J connectivity index is 1.90. The van der Waals surface area contributed by atoms with Crippen molar-refractivity contribution in [3.05, 3.63) is 23.8 Å². The summed E-state index contributed by atoms with van der Waals surface area (Å²) in [5, 5.41) is 4.04. The Morgan fingerprint density at radius 1 is 1.12 bits per heavy atom. The number of ether oxygens (including phenoxy) is 2. The van der Waals surface area contributed by atoms with E-state index in [2.05, 4.69) is 17.1 Å². The molecule has 24 heavy (non-hydrogen) atoms. The third-order valence-corrected chi connectivity index (χ3v) is 4.05. The van der Waals surface area contributed by atoms with Gasteiger partial charge in [0.25, 0.3) is 5.91 Å². The molecule has 0 aromatic heterocycles. The molecule has 0 atom stereocenters. The van der Waals surface area contributed by atoms with Crippen LogP contribution in [-0.2, 0) is 9.63 Å². The first-order chi connectivity index (χ1) is 11.5. The van der Waals surface area contributed by atoms with Crippen molar-refractivity contribution in [2.75, 3.05) is 54.1 Å². The van der Waals surface area contributed by atoms with E-state index in [9.17, 15) is 4.79 Å². The van der Waals surface area contributed by atoms with Crippen LogP contribution in [0.5, 0.6) is 11.5 Å². The third-order valence-electron chi connectivity index (χ3n) is 4.05. The van der Waals surface area contributed by atoms with Crippen LogP contribution in [0.1, 0.15) is 12.5 Å². The van der Waals surface area contributed by atoms with E-state index in [1.165, 1.54) is 0 Å². The summed E-state index contributed by atoms with van der Waals surface area (Å²) in [4.78, 5) is 21.3. The van der Waals surface area contributed by atoms with Gasteiger partial charge in [-0.05, 0) is 32.2 Å². The molecule has 0 aliphatic carbocycles. The summed E-state index contributed by atoms with van der Waals surface area (Å²) in [7, 11) is 5.22. The molecule has 0 radical (unpaired) electrons. The highest BCUT2D eigenvalue weighted by atomic mass is 16.6. The lowest BCUT2D eigenvalue weighted by molar-refractivity contribution is -0.137. The fourth-order valence-corrected chi connectivity index (χ4v) is 2.45. The minimum Gasteiger partial charge on any atom is -0.493 e. The number of carbonyl (C=O) groups excluding carboxylic acids is 1. The van der Waals surface area contributed by atoms with E-state index in [4.69, 9.17) is 14.3 Å². The average molecular weight is 335 g/mol. The van der Waals surface area contributed by atoms with Crippen molar-refractivity contribution in [1.29, 1.82) is 0 Å². The molecule has 0 bridgehead atoms. The van der Waals surface area contributed by atoms with Gasteiger partial charge in [0.1, 0.15) is 0 Å². The molecule has 1 saturated heterocycles. The fourth-order valence-electron chi connectivity index (χ4n) is 2.45. The second-order valence-electron chi connectivity index (χ2n) is 5.70. The second-order valence-corrected chi connectivity index (χ2v) is 5.70. The molecule has 0 saturated carbocycles. The van der Waals surface area contributed by atoms with Gasteiger partial charge in [0, 0.05) is 31.7 Å². The number of likely N-dealkylation sites (N-methyl/N-ethyl adjacent to an activating group) is 1. The van der Waals surface area contributed by atoms with E-state index in [1.807, 2.05) is 25.1 Å². The molecule has 0 N–H and O–H groups in total. The summed E-state index contributed by atoms with van der Waals surface area (Å²) in [5.74, 6) is 1.24. The van der Waals surface area contributed by atoms with Gasteiger partial charge in [-0.15, -0.1) is 0 Å². The van der Waals surface area contributed by atoms with Gasteiger partial charge in [-0.2, -0.15) is 0 Å². The van der Waals surface area contributed by atoms with Gasteiger partial charge in [0.05, 0.1) is 19.9 Å². The van der Waals surface area contributed by atoms with Crippen LogP contribution in [0.15, 0.2) is 23.4 Å². The van der Waals surface area contributed by atoms with Crippen molar-refractivity contribution in [3.8, 4) is 11.5 Å². The second kappa shape index (κ2) is 8.54. The first-order valence-corrected chi connectivity index (χ1v) is 7.90. The first-order valence-electron chi connectivity index (χ1n) is 7.90. The first kappa shape index (κ1) is 18.1. The summed E-state index contributed by atoms with van der Waals surface area (Å²) >= 11 is 0. The summed E-state index contributed by atoms with van der Waals surface area (Å²) in [6, 6.07) is 5.50. The van der Waals surface area contributed by atoms with E-state index < -0.39 is 0 Å². The molecular weight excluding hydrogens is 310 g/mol. The van der Waals surface area contributed by atoms with Crippen molar-refractivity contribution < 1.29 is 19.1 Å². The molecule has 1 aromatic rings. The van der Waals surface area contributed by atoms with Crippen molar-refractivity contribution in [1.82, 2.24) is 9.80 Å². The summed E-state index contributed by atoms with van der Waals surface area (Å²) < 4.78 is 10.5. The Hall–Kier alpha value is -2.28. The third kappa shape index (κ3) is 4.61. The normalized spacial score (nSPS) is 16.0. The lowest BCUT2D eigenvalue weighted by atomic mass is 10.1. The topological polar surface area (TPSA) is 63.6 Å². The Morgan fingerprint density at radius 3 is 2.42 bits per heavy atom. The van der Waals surface area contributed by atoms with Crippen LogP contribution in [0.3, 0.4) is 0 Å². The van der Waals surface area contributed by atoms with Gasteiger partial charge >= 0.3 is 0 Å². The molecule has 7 heteroatoms. The van der Waals surface area contributed by atoms with Crippen molar-refractivity contribution in [3.63, 3.8) is 0 Å². The number of amides is 1. The molecule has 0 spiro atoms. The van der Waals surface area contributed by atoms with Gasteiger partial charge in [0.2, 0.25) is 0 Å². The maximum atomic E-state index is 12.1. The molecule has 7 nitrogen and oxygen atoms in total. The lowest BCUT2D eigenvalue weighted by Gasteiger charge is -2.32. The van der Waals surface area contributed by atoms with Crippen molar-refractivity contribution in [2.45, 2.75) is 6.92 Å². The molecule has 1 amide bonds. The number of nitrogens with zero attached hydrogens (tertiary/aromatic N) is 3. The Kier molecular flexibility index (Phi) is 6.43. The van der Waals surface area contributed by atoms with Gasteiger partial charge in [-0.3, -0.25) is 4.79 Å². The van der Waals surface area contributed by atoms with E-state index in [1.54, 1.807) is 19.1 Å². The van der Waals surface area contributed by atoms with Crippen LogP contribution in [-0.4, -0.2) is 75.5 Å². The molecule has 1 aliphatic heterocycles. The molecular formula is C17H25N3O4. The van der Waals surface area contributed by atoms with Crippen LogP contribution < -0.4 is 9.47 Å². The predicted molar refractivity (Wildman–Crippen MR) is 91.8 cm³/mol. The smallest absolute Gasteiger partial charge is 0.263 e. The van der Waals surface area contributed by atoms with Gasteiger partial charge < -0.3 is 24.1 Å². The molecule has 1 aliphatic rings. The largest absolute Gasteiger partial charge is 0.493 e. The zero-order chi connectivity index (χ0) is 17.5. The zero-order valence-electron chi connectivity index (χ0n) is 14.7. The minimum atomic E-state index is -0.0473. The Bertz CT molecular complexity index is 595. The number of rotatable bonds is 6.